The largest absolute Gasteiger partial charge is 0.478 e. The van der Waals surface area contributed by atoms with Crippen LogP contribution >= 0.6 is 11.3 Å². The number of carbonyl (C=O) groups is 2. The number of aliphatic imine (C=N–C) groups is 1. The number of allylic oxidation sites excluding steroid dienone is 5. The van der Waals surface area contributed by atoms with Gasteiger partial charge in [-0.25, -0.2) is 9.78 Å². The highest BCUT2D eigenvalue weighted by atomic mass is 32.1. The smallest absolute Gasteiger partial charge is 0.335 e. The van der Waals surface area contributed by atoms with Crippen LogP contribution in [0, 0.1) is 51.2 Å². The van der Waals surface area contributed by atoms with E-state index in [-0.39, 0.29) is 39.5 Å². The van der Waals surface area contributed by atoms with Crippen LogP contribution in [0.3, 0.4) is 0 Å². The summed E-state index contributed by atoms with van der Waals surface area (Å²) in [6, 6.07) is 13.2. The van der Waals surface area contributed by atoms with E-state index in [2.05, 4.69) is 81.0 Å². The molecule has 8 rings (SSSR count). The van der Waals surface area contributed by atoms with Crippen LogP contribution in [-0.2, 0) is 0 Å². The molecule has 8 heteroatoms. The number of benzene rings is 1. The second kappa shape index (κ2) is 15.5. The average Bonchev–Trinajstić information content (AvgIpc) is 3.87. The molecule has 1 aromatic carbocycles. The molecule has 2 heterocycles. The maximum atomic E-state index is 14.4. The van der Waals surface area contributed by atoms with Crippen molar-refractivity contribution in [2.24, 2.45) is 56.2 Å². The summed E-state index contributed by atoms with van der Waals surface area (Å²) < 4.78 is 0. The fourth-order valence-corrected chi connectivity index (χ4v) is 15.5. The molecule has 4 saturated carbocycles. The van der Waals surface area contributed by atoms with Crippen LogP contribution in [0.4, 0.5) is 5.13 Å². The van der Waals surface area contributed by atoms with Crippen molar-refractivity contribution in [3.8, 4) is 0 Å². The Labute approximate surface area is 361 Å². The van der Waals surface area contributed by atoms with Crippen molar-refractivity contribution in [2.75, 3.05) is 11.4 Å². The molecule has 0 amide bonds. The van der Waals surface area contributed by atoms with E-state index in [4.69, 9.17) is 4.98 Å². The number of aromatic carboxylic acids is 1. The number of carboxylic acid groups (broad SMARTS) is 1. The van der Waals surface area contributed by atoms with E-state index >= 15 is 0 Å². The normalized spacial score (nSPS) is 34.4. The number of carboxylic acids is 1. The number of carbonyl (C=O) groups excluding carboxylic acids is 1. The molecule has 7 nitrogen and oxygen atoms in total. The van der Waals surface area contributed by atoms with Gasteiger partial charge in [-0.15, -0.1) is 11.3 Å². The number of fused-ring (bicyclic) bond motifs is 7. The Hall–Kier alpha value is -4.43. The summed E-state index contributed by atoms with van der Waals surface area (Å²) in [5.74, 6) is 1.40. The number of nitrogens with zero attached hydrogens (tertiary/aromatic N) is 4. The van der Waals surface area contributed by atoms with E-state index in [1.165, 1.54) is 36.8 Å². The Balaban J connectivity index is 1.18. The van der Waals surface area contributed by atoms with Gasteiger partial charge in [0.05, 0.1) is 17.8 Å². The molecule has 0 spiro atoms. The summed E-state index contributed by atoms with van der Waals surface area (Å²) in [6.45, 7) is 25.9. The van der Waals surface area contributed by atoms with Gasteiger partial charge in [0.2, 0.25) is 0 Å². The number of hydrogen-bond acceptors (Lipinski definition) is 7. The monoisotopic (exact) mass is 824 g/mol. The Kier molecular flexibility index (Phi) is 10.9. The van der Waals surface area contributed by atoms with Crippen LogP contribution in [0.15, 0.2) is 102 Å². The molecule has 5 aliphatic carbocycles. The molecule has 0 aliphatic heterocycles. The van der Waals surface area contributed by atoms with Gasteiger partial charge in [-0.1, -0.05) is 83.7 Å². The molecule has 0 unspecified atom stereocenters. The maximum absolute atomic E-state index is 14.4. The highest BCUT2D eigenvalue weighted by molar-refractivity contribution is 7.14. The molecular formula is C52H64N4O3S. The minimum absolute atomic E-state index is 0.0214. The first-order valence-electron chi connectivity index (χ1n) is 22.2. The summed E-state index contributed by atoms with van der Waals surface area (Å²) in [4.78, 5) is 42.9. The summed E-state index contributed by atoms with van der Waals surface area (Å²) >= 11 is 1.62. The number of Topliss-reactive ketones (excluding diaryl/α,β-unsaturated/α-hetero) is 1. The first-order valence-corrected chi connectivity index (χ1v) is 23.1. The zero-order valence-corrected chi connectivity index (χ0v) is 37.7. The third-order valence-corrected chi connectivity index (χ3v) is 18.2. The van der Waals surface area contributed by atoms with Gasteiger partial charge in [0, 0.05) is 23.3 Å². The lowest BCUT2D eigenvalue weighted by atomic mass is 9.33. The molecule has 5 aliphatic rings. The molecule has 316 valence electrons. The summed E-state index contributed by atoms with van der Waals surface area (Å²) in [5, 5.41) is 12.5. The quantitative estimate of drug-likeness (QED) is 0.118. The number of anilines is 1. The van der Waals surface area contributed by atoms with E-state index in [0.717, 1.165) is 54.2 Å². The number of hydrogen-bond donors (Lipinski definition) is 1. The van der Waals surface area contributed by atoms with Gasteiger partial charge in [0.25, 0.3) is 0 Å². The van der Waals surface area contributed by atoms with Gasteiger partial charge in [-0.3, -0.25) is 14.8 Å². The molecule has 0 bridgehead atoms. The molecule has 9 atom stereocenters. The predicted molar refractivity (Wildman–Crippen MR) is 246 cm³/mol. The minimum Gasteiger partial charge on any atom is -0.478 e. The van der Waals surface area contributed by atoms with Crippen LogP contribution in [0.5, 0.6) is 0 Å². The summed E-state index contributed by atoms with van der Waals surface area (Å²) in [7, 11) is 0. The van der Waals surface area contributed by atoms with Gasteiger partial charge < -0.3 is 10.0 Å². The van der Waals surface area contributed by atoms with Crippen molar-refractivity contribution < 1.29 is 14.7 Å². The van der Waals surface area contributed by atoms with Crippen LogP contribution < -0.4 is 4.90 Å². The zero-order chi connectivity index (χ0) is 42.8. The van der Waals surface area contributed by atoms with E-state index in [1.54, 1.807) is 35.9 Å². The Bertz CT molecular complexity index is 2270. The number of pyridine rings is 1. The van der Waals surface area contributed by atoms with Gasteiger partial charge >= 0.3 is 5.97 Å². The van der Waals surface area contributed by atoms with Crippen LogP contribution in [0.1, 0.15) is 138 Å². The lowest BCUT2D eigenvalue weighted by molar-refractivity contribution is -0.217. The van der Waals surface area contributed by atoms with Crippen molar-refractivity contribution in [1.82, 2.24) is 9.97 Å². The molecule has 1 N–H and O–H groups in total. The van der Waals surface area contributed by atoms with Crippen molar-refractivity contribution in [1.29, 1.82) is 0 Å². The van der Waals surface area contributed by atoms with Crippen molar-refractivity contribution >= 4 is 39.5 Å². The summed E-state index contributed by atoms with van der Waals surface area (Å²) in [6.07, 6.45) is 19.7. The van der Waals surface area contributed by atoms with Gasteiger partial charge in [-0.05, 0) is 164 Å². The summed E-state index contributed by atoms with van der Waals surface area (Å²) in [5.41, 5.74) is 6.26. The molecule has 60 heavy (non-hydrogen) atoms. The SMILES string of the molecule is C=C/N=C(\C=C/C)c1csc(N(CC(=O)c2ccccn2)[C@]23CC[C@@H](C(=C)C)[C@@H]2[C@H]2CC[C@@H]4[C@@]5(C)CC=C(c6ccc(C(=O)O)cc6)C(C)(C)[C@@H]5CC[C@@]4(C)[C@]2(C)CC3)n1. The Morgan fingerprint density at radius 3 is 2.38 bits per heavy atom. The van der Waals surface area contributed by atoms with E-state index in [0.29, 0.717) is 40.8 Å². The van der Waals surface area contributed by atoms with E-state index in [9.17, 15) is 14.7 Å². The minimum atomic E-state index is -0.885. The average molecular weight is 825 g/mol. The lowest BCUT2D eigenvalue weighted by Gasteiger charge is -2.73. The molecule has 0 radical (unpaired) electrons. The fourth-order valence-electron chi connectivity index (χ4n) is 14.6. The van der Waals surface area contributed by atoms with Crippen LogP contribution in [-0.4, -0.2) is 44.6 Å². The van der Waals surface area contributed by atoms with E-state index < -0.39 is 5.97 Å². The van der Waals surface area contributed by atoms with Crippen molar-refractivity contribution in [2.45, 2.75) is 112 Å². The highest BCUT2D eigenvalue weighted by Crippen LogP contribution is 2.77. The Morgan fingerprint density at radius 2 is 1.72 bits per heavy atom. The van der Waals surface area contributed by atoms with Gasteiger partial charge in [0.15, 0.2) is 10.9 Å². The standard InChI is InChI=1S/C52H64N4O3S/c1-10-14-39(53-11-2)41-32-60-47(55-41)56(31-42(57)40-15-12-13-30-54-40)52-27-22-36(33(3)4)45(52)38-20-21-44-49(7)25-23-37(34-16-18-35(19-17-34)46(58)59)48(5,6)43(49)24-26-51(44,9)50(38,8)28-29-52/h10-19,23,30,32,36,38,43-45H,2-3,20-22,24-29,31H2,1,4-9H3,(H,58,59)/b14-10-,53-39+/t36-,38+,43-,44+,45+,49-,50+,51+,52-/m0/s1. The number of ketones is 1. The van der Waals surface area contributed by atoms with E-state index in [1.807, 2.05) is 49.4 Å². The maximum Gasteiger partial charge on any atom is 0.335 e. The topological polar surface area (TPSA) is 95.8 Å². The fraction of sp³-hybridized carbons (Fsp3) is 0.519. The number of rotatable bonds is 11. The van der Waals surface area contributed by atoms with Gasteiger partial charge in [-0.2, -0.15) is 0 Å². The van der Waals surface area contributed by atoms with Crippen molar-refractivity contribution in [3.05, 3.63) is 120 Å². The molecule has 2 aromatic heterocycles. The number of aromatic nitrogens is 2. The molecule has 4 fully saturated rings. The molecular weight excluding hydrogens is 761 g/mol. The van der Waals surface area contributed by atoms with Crippen LogP contribution in [0.2, 0.25) is 0 Å². The van der Waals surface area contributed by atoms with Crippen molar-refractivity contribution in [3.63, 3.8) is 0 Å². The first kappa shape index (κ1) is 42.3. The lowest BCUT2D eigenvalue weighted by Crippen LogP contribution is -2.68. The number of thiazole rings is 1. The predicted octanol–water partition coefficient (Wildman–Crippen LogP) is 12.5. The third-order valence-electron chi connectivity index (χ3n) is 17.4. The third kappa shape index (κ3) is 6.44. The second-order valence-electron chi connectivity index (χ2n) is 20.2. The molecule has 0 saturated heterocycles. The second-order valence-corrected chi connectivity index (χ2v) is 21.0. The van der Waals surface area contributed by atoms with Crippen LogP contribution in [0.25, 0.3) is 5.57 Å². The highest BCUT2D eigenvalue weighted by Gasteiger charge is 2.71. The Morgan fingerprint density at radius 1 is 0.950 bits per heavy atom. The zero-order valence-electron chi connectivity index (χ0n) is 36.8. The first-order chi connectivity index (χ1) is 28.6. The van der Waals surface area contributed by atoms with Gasteiger partial charge in [0.1, 0.15) is 11.4 Å². The molecule has 3 aromatic rings.